The molecule has 1 aliphatic heterocycles. The second kappa shape index (κ2) is 2.59. The number of carbonyl (C=O) groups excluding carboxylic acids is 1. The molecule has 1 aromatic carbocycles. The molecule has 2 aliphatic rings. The van der Waals surface area contributed by atoms with Gasteiger partial charge in [-0.1, -0.05) is 12.1 Å². The maximum atomic E-state index is 11.7. The van der Waals surface area contributed by atoms with Gasteiger partial charge in [-0.25, -0.2) is 0 Å². The van der Waals surface area contributed by atoms with E-state index in [0.29, 0.717) is 24.2 Å². The lowest BCUT2D eigenvalue weighted by Crippen LogP contribution is -2.21. The highest BCUT2D eigenvalue weighted by Crippen LogP contribution is 2.44. The average Bonchev–Trinajstić information content (AvgIpc) is 2.50. The summed E-state index contributed by atoms with van der Waals surface area (Å²) in [4.78, 5) is 11.7. The number of anilines is 1. The predicted molar refractivity (Wildman–Crippen MR) is 55.8 cm³/mol. The van der Waals surface area contributed by atoms with Gasteiger partial charge in [0.25, 0.3) is 0 Å². The van der Waals surface area contributed by atoms with Crippen molar-refractivity contribution < 1.29 is 4.79 Å². The molecule has 14 heavy (non-hydrogen) atoms. The average molecular weight is 187 g/mol. The molecule has 3 rings (SSSR count). The number of carbonyl (C=O) groups is 1. The highest BCUT2D eigenvalue weighted by atomic mass is 16.1. The van der Waals surface area contributed by atoms with E-state index >= 15 is 0 Å². The van der Waals surface area contributed by atoms with Gasteiger partial charge >= 0.3 is 0 Å². The van der Waals surface area contributed by atoms with Gasteiger partial charge in [0.05, 0.1) is 0 Å². The summed E-state index contributed by atoms with van der Waals surface area (Å²) in [5.74, 6) is 0.868. The second-order valence-electron chi connectivity index (χ2n) is 4.27. The Balaban J connectivity index is 2.25. The highest BCUT2D eigenvalue weighted by molar-refractivity contribution is 6.00. The SMILES string of the molecule is CC1Nc2cccc3c2C1CCC3=O. The summed E-state index contributed by atoms with van der Waals surface area (Å²) in [6.45, 7) is 2.20. The first kappa shape index (κ1) is 8.04. The third-order valence-corrected chi connectivity index (χ3v) is 3.45. The Morgan fingerprint density at radius 3 is 3.14 bits per heavy atom. The topological polar surface area (TPSA) is 29.1 Å². The van der Waals surface area contributed by atoms with E-state index < -0.39 is 0 Å². The van der Waals surface area contributed by atoms with E-state index in [0.717, 1.165) is 12.0 Å². The van der Waals surface area contributed by atoms with Crippen LogP contribution >= 0.6 is 0 Å². The molecule has 0 spiro atoms. The van der Waals surface area contributed by atoms with Crippen molar-refractivity contribution in [1.82, 2.24) is 0 Å². The first-order valence-corrected chi connectivity index (χ1v) is 5.20. The van der Waals surface area contributed by atoms with Gasteiger partial charge in [-0.15, -0.1) is 0 Å². The zero-order chi connectivity index (χ0) is 9.71. The van der Waals surface area contributed by atoms with E-state index in [9.17, 15) is 4.79 Å². The summed E-state index contributed by atoms with van der Waals surface area (Å²) < 4.78 is 0. The van der Waals surface area contributed by atoms with Crippen LogP contribution < -0.4 is 5.32 Å². The van der Waals surface area contributed by atoms with Crippen molar-refractivity contribution in [2.45, 2.75) is 31.7 Å². The minimum Gasteiger partial charge on any atom is -0.382 e. The first-order chi connectivity index (χ1) is 6.77. The first-order valence-electron chi connectivity index (χ1n) is 5.20. The molecule has 0 aromatic heterocycles. The monoisotopic (exact) mass is 187 g/mol. The van der Waals surface area contributed by atoms with E-state index in [1.165, 1.54) is 11.3 Å². The van der Waals surface area contributed by atoms with Crippen LogP contribution in [0.25, 0.3) is 0 Å². The number of nitrogens with one attached hydrogen (secondary N) is 1. The molecule has 2 unspecified atom stereocenters. The van der Waals surface area contributed by atoms with Crippen LogP contribution in [0.15, 0.2) is 18.2 Å². The lowest BCUT2D eigenvalue weighted by Gasteiger charge is -2.21. The molecule has 1 N–H and O–H groups in total. The van der Waals surface area contributed by atoms with Crippen LogP contribution in [0.5, 0.6) is 0 Å². The molecule has 0 amide bonds. The number of benzene rings is 1. The van der Waals surface area contributed by atoms with E-state index in [4.69, 9.17) is 0 Å². The van der Waals surface area contributed by atoms with Gasteiger partial charge in [-0.05, 0) is 25.0 Å². The third-order valence-electron chi connectivity index (χ3n) is 3.45. The van der Waals surface area contributed by atoms with Gasteiger partial charge in [-0.3, -0.25) is 4.79 Å². The summed E-state index contributed by atoms with van der Waals surface area (Å²) in [6, 6.07) is 6.50. The Hall–Kier alpha value is -1.31. The van der Waals surface area contributed by atoms with Crippen LogP contribution in [-0.2, 0) is 0 Å². The van der Waals surface area contributed by atoms with Crippen molar-refractivity contribution >= 4 is 11.5 Å². The fourth-order valence-corrected chi connectivity index (χ4v) is 2.75. The molecule has 0 saturated carbocycles. The Morgan fingerprint density at radius 1 is 1.43 bits per heavy atom. The molecule has 0 fully saturated rings. The smallest absolute Gasteiger partial charge is 0.163 e. The quantitative estimate of drug-likeness (QED) is 0.676. The maximum Gasteiger partial charge on any atom is 0.163 e. The molecule has 1 aromatic rings. The lowest BCUT2D eigenvalue weighted by molar-refractivity contribution is 0.0967. The van der Waals surface area contributed by atoms with E-state index in [-0.39, 0.29) is 0 Å². The summed E-state index contributed by atoms with van der Waals surface area (Å²) in [6.07, 6.45) is 1.73. The van der Waals surface area contributed by atoms with Gasteiger partial charge in [0.15, 0.2) is 5.78 Å². The fraction of sp³-hybridized carbons (Fsp3) is 0.417. The molecule has 0 radical (unpaired) electrons. The summed E-state index contributed by atoms with van der Waals surface area (Å²) in [5, 5.41) is 3.45. The van der Waals surface area contributed by atoms with Crippen molar-refractivity contribution in [2.75, 3.05) is 5.32 Å². The van der Waals surface area contributed by atoms with Crippen LogP contribution in [0.3, 0.4) is 0 Å². The van der Waals surface area contributed by atoms with Gasteiger partial charge < -0.3 is 5.32 Å². The van der Waals surface area contributed by atoms with Crippen molar-refractivity contribution in [3.8, 4) is 0 Å². The fourth-order valence-electron chi connectivity index (χ4n) is 2.75. The van der Waals surface area contributed by atoms with Gasteiger partial charge in [0.1, 0.15) is 0 Å². The molecule has 72 valence electrons. The highest BCUT2D eigenvalue weighted by Gasteiger charge is 2.35. The Bertz CT molecular complexity index is 411. The van der Waals surface area contributed by atoms with E-state index in [2.05, 4.69) is 18.3 Å². The minimum absolute atomic E-state index is 0.314. The summed E-state index contributed by atoms with van der Waals surface area (Å²) in [5.41, 5.74) is 3.40. The zero-order valence-electron chi connectivity index (χ0n) is 8.21. The molecule has 2 heteroatoms. The predicted octanol–water partition coefficient (Wildman–Crippen LogP) is 2.56. The van der Waals surface area contributed by atoms with Crippen LogP contribution in [-0.4, -0.2) is 11.8 Å². The van der Waals surface area contributed by atoms with Gasteiger partial charge in [0, 0.05) is 29.6 Å². The third kappa shape index (κ3) is 0.884. The Kier molecular flexibility index (Phi) is 1.49. The number of hydrogen-bond acceptors (Lipinski definition) is 2. The molecule has 1 aliphatic carbocycles. The lowest BCUT2D eigenvalue weighted by atomic mass is 9.81. The van der Waals surface area contributed by atoms with Crippen LogP contribution in [0.2, 0.25) is 0 Å². The van der Waals surface area contributed by atoms with Crippen molar-refractivity contribution in [1.29, 1.82) is 0 Å². The standard InChI is InChI=1S/C12H13NO/c1-7-8-5-6-11(14)9-3-2-4-10(13-7)12(8)9/h2-4,7-8,13H,5-6H2,1H3. The normalized spacial score (nSPS) is 28.5. The van der Waals surface area contributed by atoms with Crippen molar-refractivity contribution in [2.24, 2.45) is 0 Å². The molecule has 2 atom stereocenters. The van der Waals surface area contributed by atoms with Crippen LogP contribution in [0, 0.1) is 0 Å². The van der Waals surface area contributed by atoms with E-state index in [1.807, 2.05) is 12.1 Å². The Morgan fingerprint density at radius 2 is 2.29 bits per heavy atom. The van der Waals surface area contributed by atoms with Crippen LogP contribution in [0.1, 0.15) is 41.6 Å². The van der Waals surface area contributed by atoms with Crippen LogP contribution in [0.4, 0.5) is 5.69 Å². The molecular formula is C12H13NO. The molecule has 2 nitrogen and oxygen atoms in total. The van der Waals surface area contributed by atoms with Crippen molar-refractivity contribution in [3.63, 3.8) is 0 Å². The number of ketones is 1. The summed E-state index contributed by atoms with van der Waals surface area (Å²) in [7, 11) is 0. The largest absolute Gasteiger partial charge is 0.382 e. The molecule has 0 saturated heterocycles. The number of rotatable bonds is 0. The molecular weight excluding hydrogens is 174 g/mol. The van der Waals surface area contributed by atoms with E-state index in [1.54, 1.807) is 0 Å². The number of Topliss-reactive ketones (excluding diaryl/α,β-unsaturated/α-hetero) is 1. The molecule has 1 heterocycles. The number of hydrogen-bond donors (Lipinski definition) is 1. The summed E-state index contributed by atoms with van der Waals surface area (Å²) >= 11 is 0. The molecule has 0 bridgehead atoms. The van der Waals surface area contributed by atoms with Crippen molar-refractivity contribution in [3.05, 3.63) is 29.3 Å². The second-order valence-corrected chi connectivity index (χ2v) is 4.27. The Labute approximate surface area is 83.3 Å². The maximum absolute atomic E-state index is 11.7. The minimum atomic E-state index is 0.314. The zero-order valence-corrected chi connectivity index (χ0v) is 8.21. The van der Waals surface area contributed by atoms with Gasteiger partial charge in [-0.2, -0.15) is 0 Å². The van der Waals surface area contributed by atoms with Gasteiger partial charge in [0.2, 0.25) is 0 Å².